The zero-order chi connectivity index (χ0) is 19.5. The van der Waals surface area contributed by atoms with Gasteiger partial charge in [-0.15, -0.1) is 6.58 Å². The maximum Gasteiger partial charge on any atom is 0.320 e. The SMILES string of the molecule is C=C[C@@H]1[C@@H](CO[Si](C)(C)C(C)(C)C)C[C@H](C(=O)O)N1Cc1ccccc1. The molecule has 0 aliphatic carbocycles. The lowest BCUT2D eigenvalue weighted by atomic mass is 10.00. The number of carbonyl (C=O) groups is 1. The van der Waals surface area contributed by atoms with E-state index in [1.165, 1.54) is 0 Å². The summed E-state index contributed by atoms with van der Waals surface area (Å²) in [7, 11) is -1.86. The number of rotatable bonds is 7. The molecule has 2 rings (SSSR count). The van der Waals surface area contributed by atoms with E-state index in [9.17, 15) is 9.90 Å². The van der Waals surface area contributed by atoms with Gasteiger partial charge in [-0.2, -0.15) is 0 Å². The summed E-state index contributed by atoms with van der Waals surface area (Å²) in [6.45, 7) is 16.4. The Morgan fingerprint density at radius 1 is 1.35 bits per heavy atom. The van der Waals surface area contributed by atoms with Crippen LogP contribution >= 0.6 is 0 Å². The molecular formula is C21H33NO3Si. The molecule has 0 aromatic heterocycles. The van der Waals surface area contributed by atoms with Crippen LogP contribution in [0.25, 0.3) is 0 Å². The number of nitrogens with zero attached hydrogens (tertiary/aromatic N) is 1. The highest BCUT2D eigenvalue weighted by Crippen LogP contribution is 2.39. The average molecular weight is 376 g/mol. The van der Waals surface area contributed by atoms with Crippen molar-refractivity contribution in [3.63, 3.8) is 0 Å². The lowest BCUT2D eigenvalue weighted by molar-refractivity contribution is -0.142. The lowest BCUT2D eigenvalue weighted by Gasteiger charge is -2.37. The number of hydrogen-bond donors (Lipinski definition) is 1. The molecule has 1 aromatic rings. The topological polar surface area (TPSA) is 49.8 Å². The Kier molecular flexibility index (Phi) is 6.48. The van der Waals surface area contributed by atoms with E-state index in [0.717, 1.165) is 5.56 Å². The normalized spacial score (nSPS) is 24.6. The molecule has 144 valence electrons. The molecule has 0 amide bonds. The molecule has 26 heavy (non-hydrogen) atoms. The predicted molar refractivity (Wildman–Crippen MR) is 109 cm³/mol. The molecule has 1 N–H and O–H groups in total. The molecular weight excluding hydrogens is 342 g/mol. The van der Waals surface area contributed by atoms with Crippen LogP contribution in [0.5, 0.6) is 0 Å². The van der Waals surface area contributed by atoms with Gasteiger partial charge in [0.1, 0.15) is 6.04 Å². The summed E-state index contributed by atoms with van der Waals surface area (Å²) < 4.78 is 6.41. The second-order valence-electron chi connectivity index (χ2n) is 8.81. The Bertz CT molecular complexity index is 624. The van der Waals surface area contributed by atoms with Gasteiger partial charge in [-0.3, -0.25) is 9.69 Å². The Hall–Kier alpha value is -1.43. The van der Waals surface area contributed by atoms with Crippen molar-refractivity contribution in [1.82, 2.24) is 4.90 Å². The van der Waals surface area contributed by atoms with Gasteiger partial charge in [-0.25, -0.2) is 0 Å². The van der Waals surface area contributed by atoms with Gasteiger partial charge < -0.3 is 9.53 Å². The van der Waals surface area contributed by atoms with E-state index in [2.05, 4.69) is 45.3 Å². The molecule has 3 atom stereocenters. The zero-order valence-corrected chi connectivity index (χ0v) is 17.7. The van der Waals surface area contributed by atoms with Crippen molar-refractivity contribution in [3.05, 3.63) is 48.6 Å². The molecule has 0 spiro atoms. The average Bonchev–Trinajstić information content (AvgIpc) is 2.90. The van der Waals surface area contributed by atoms with Crippen LogP contribution in [-0.2, 0) is 15.8 Å². The van der Waals surface area contributed by atoms with Crippen molar-refractivity contribution < 1.29 is 14.3 Å². The maximum absolute atomic E-state index is 11.9. The minimum Gasteiger partial charge on any atom is -0.480 e. The summed E-state index contributed by atoms with van der Waals surface area (Å²) in [6, 6.07) is 9.55. The monoisotopic (exact) mass is 375 g/mol. The summed E-state index contributed by atoms with van der Waals surface area (Å²) in [6.07, 6.45) is 2.50. The lowest BCUT2D eigenvalue weighted by Crippen LogP contribution is -2.43. The number of carboxylic acid groups (broad SMARTS) is 1. The molecule has 1 aliphatic heterocycles. The minimum atomic E-state index is -1.86. The fraction of sp³-hybridized carbons (Fsp3) is 0.571. The molecule has 1 aliphatic rings. The summed E-state index contributed by atoms with van der Waals surface area (Å²) in [5.74, 6) is -0.603. The highest BCUT2D eigenvalue weighted by molar-refractivity contribution is 6.74. The maximum atomic E-state index is 11.9. The van der Waals surface area contributed by atoms with Crippen LogP contribution in [0.2, 0.25) is 18.1 Å². The summed E-state index contributed by atoms with van der Waals surface area (Å²) in [5, 5.41) is 9.89. The molecule has 4 nitrogen and oxygen atoms in total. The molecule has 0 radical (unpaired) electrons. The Labute approximate surface area is 159 Å². The fourth-order valence-electron chi connectivity index (χ4n) is 3.32. The van der Waals surface area contributed by atoms with Crippen molar-refractivity contribution in [1.29, 1.82) is 0 Å². The molecule has 0 bridgehead atoms. The van der Waals surface area contributed by atoms with Crippen LogP contribution < -0.4 is 0 Å². The van der Waals surface area contributed by atoms with Crippen molar-refractivity contribution in [2.75, 3.05) is 6.61 Å². The smallest absolute Gasteiger partial charge is 0.320 e. The Morgan fingerprint density at radius 3 is 2.46 bits per heavy atom. The quantitative estimate of drug-likeness (QED) is 0.561. The third kappa shape index (κ3) is 4.64. The van der Waals surface area contributed by atoms with Gasteiger partial charge in [-0.05, 0) is 30.1 Å². The second-order valence-corrected chi connectivity index (χ2v) is 13.6. The van der Waals surface area contributed by atoms with Crippen LogP contribution in [-0.4, -0.2) is 43.0 Å². The van der Waals surface area contributed by atoms with E-state index < -0.39 is 20.3 Å². The van der Waals surface area contributed by atoms with Gasteiger partial charge in [0, 0.05) is 25.1 Å². The first kappa shape index (κ1) is 20.9. The first-order valence-corrected chi connectivity index (χ1v) is 12.3. The largest absolute Gasteiger partial charge is 0.480 e. The van der Waals surface area contributed by atoms with E-state index in [-0.39, 0.29) is 17.0 Å². The third-order valence-electron chi connectivity index (χ3n) is 5.99. The summed E-state index contributed by atoms with van der Waals surface area (Å²) in [5.41, 5.74) is 1.12. The van der Waals surface area contributed by atoms with Gasteiger partial charge in [0.2, 0.25) is 0 Å². The highest BCUT2D eigenvalue weighted by Gasteiger charge is 2.45. The second kappa shape index (κ2) is 8.07. The Balaban J connectivity index is 2.16. The van der Waals surface area contributed by atoms with Gasteiger partial charge in [0.05, 0.1) is 0 Å². The van der Waals surface area contributed by atoms with Crippen molar-refractivity contribution in [3.8, 4) is 0 Å². The standard InChI is InChI=1S/C21H33NO3Si/c1-7-18-17(15-25-26(5,6)21(2,3)4)13-19(20(23)24)22(18)14-16-11-9-8-10-12-16/h7-12,17-19H,1,13-15H2,2-6H3,(H,23,24)/t17-,18-,19-/m1/s1. The van der Waals surface area contributed by atoms with Crippen LogP contribution in [0.1, 0.15) is 32.8 Å². The van der Waals surface area contributed by atoms with Crippen molar-refractivity contribution in [2.45, 2.75) is 64.0 Å². The minimum absolute atomic E-state index is 0.0149. The molecule has 5 heteroatoms. The van der Waals surface area contributed by atoms with E-state index in [0.29, 0.717) is 19.6 Å². The van der Waals surface area contributed by atoms with Gasteiger partial charge in [-0.1, -0.05) is 57.2 Å². The van der Waals surface area contributed by atoms with Gasteiger partial charge >= 0.3 is 5.97 Å². The third-order valence-corrected chi connectivity index (χ3v) is 10.5. The first-order valence-electron chi connectivity index (χ1n) is 9.36. The molecule has 1 heterocycles. The number of hydrogen-bond acceptors (Lipinski definition) is 3. The van der Waals surface area contributed by atoms with Gasteiger partial charge in [0.15, 0.2) is 8.32 Å². The number of benzene rings is 1. The first-order chi connectivity index (χ1) is 12.1. The van der Waals surface area contributed by atoms with Crippen LogP contribution in [0.4, 0.5) is 0 Å². The van der Waals surface area contributed by atoms with Crippen molar-refractivity contribution >= 4 is 14.3 Å². The zero-order valence-electron chi connectivity index (χ0n) is 16.7. The highest BCUT2D eigenvalue weighted by atomic mass is 28.4. The van der Waals surface area contributed by atoms with E-state index in [1.807, 2.05) is 36.4 Å². The van der Waals surface area contributed by atoms with E-state index in [4.69, 9.17) is 4.43 Å². The van der Waals surface area contributed by atoms with Gasteiger partial charge in [0.25, 0.3) is 0 Å². The molecule has 0 saturated carbocycles. The fourth-order valence-corrected chi connectivity index (χ4v) is 4.38. The number of likely N-dealkylation sites (tertiary alicyclic amines) is 1. The van der Waals surface area contributed by atoms with Crippen molar-refractivity contribution in [2.24, 2.45) is 5.92 Å². The summed E-state index contributed by atoms with van der Waals surface area (Å²) >= 11 is 0. The van der Waals surface area contributed by atoms with Crippen LogP contribution in [0, 0.1) is 5.92 Å². The van der Waals surface area contributed by atoms with E-state index in [1.54, 1.807) is 0 Å². The molecule has 1 aromatic carbocycles. The van der Waals surface area contributed by atoms with Crippen LogP contribution in [0.3, 0.4) is 0 Å². The molecule has 1 fully saturated rings. The number of carboxylic acids is 1. The predicted octanol–water partition coefficient (Wildman–Crippen LogP) is 4.54. The van der Waals surface area contributed by atoms with Crippen LogP contribution in [0.15, 0.2) is 43.0 Å². The Morgan fingerprint density at radius 2 is 1.96 bits per heavy atom. The molecule has 0 unspecified atom stereocenters. The summed E-state index contributed by atoms with van der Waals surface area (Å²) in [4.78, 5) is 13.9. The number of aliphatic carboxylic acids is 1. The van der Waals surface area contributed by atoms with E-state index >= 15 is 0 Å². The molecule has 1 saturated heterocycles.